The molecule has 0 atom stereocenters. The fraction of sp³-hybridized carbons (Fsp3) is 0.0833. The van der Waals surface area contributed by atoms with Crippen LogP contribution in [0.25, 0.3) is 0 Å². The summed E-state index contributed by atoms with van der Waals surface area (Å²) in [7, 11) is 0. The molecule has 98 valence electrons. The third-order valence-corrected chi connectivity index (χ3v) is 3.19. The van der Waals surface area contributed by atoms with E-state index in [9.17, 15) is 9.59 Å². The Morgan fingerprint density at radius 3 is 2.89 bits per heavy atom. The van der Waals surface area contributed by atoms with E-state index in [1.54, 1.807) is 19.1 Å². The third-order valence-electron chi connectivity index (χ3n) is 2.49. The zero-order valence-corrected chi connectivity index (χ0v) is 11.4. The number of nitrogens with one attached hydrogen (secondary N) is 1. The molecular formula is C12H9BrN2O4. The van der Waals surface area contributed by atoms with Crippen LogP contribution in [0.5, 0.6) is 11.6 Å². The van der Waals surface area contributed by atoms with Gasteiger partial charge in [0.25, 0.3) is 5.56 Å². The van der Waals surface area contributed by atoms with E-state index in [2.05, 4.69) is 25.9 Å². The number of halogens is 1. The highest BCUT2D eigenvalue weighted by atomic mass is 79.9. The highest BCUT2D eigenvalue weighted by Crippen LogP contribution is 2.28. The van der Waals surface area contributed by atoms with E-state index in [1.807, 2.05) is 0 Å². The predicted molar refractivity (Wildman–Crippen MR) is 70.8 cm³/mol. The van der Waals surface area contributed by atoms with E-state index in [-0.39, 0.29) is 21.5 Å². The SMILES string of the molecule is Cc1c(Oc2nc[nH]c(=O)c2Br)cccc1C(=O)O. The van der Waals surface area contributed by atoms with Gasteiger partial charge in [0.05, 0.1) is 11.9 Å². The molecule has 0 amide bonds. The van der Waals surface area contributed by atoms with Crippen molar-refractivity contribution in [1.82, 2.24) is 9.97 Å². The molecule has 1 aromatic carbocycles. The van der Waals surface area contributed by atoms with Crippen molar-refractivity contribution in [1.29, 1.82) is 0 Å². The molecule has 2 rings (SSSR count). The van der Waals surface area contributed by atoms with Crippen molar-refractivity contribution in [2.45, 2.75) is 6.92 Å². The molecule has 0 saturated carbocycles. The Labute approximate surface area is 116 Å². The molecule has 6 nitrogen and oxygen atoms in total. The molecule has 1 heterocycles. The Balaban J connectivity index is 2.44. The Morgan fingerprint density at radius 2 is 2.21 bits per heavy atom. The first-order valence-electron chi connectivity index (χ1n) is 5.24. The molecule has 19 heavy (non-hydrogen) atoms. The Morgan fingerprint density at radius 1 is 1.47 bits per heavy atom. The second kappa shape index (κ2) is 5.23. The minimum Gasteiger partial charge on any atom is -0.478 e. The maximum atomic E-state index is 11.4. The average molecular weight is 325 g/mol. The van der Waals surface area contributed by atoms with Crippen molar-refractivity contribution in [3.8, 4) is 11.6 Å². The second-order valence-corrected chi connectivity index (χ2v) is 4.48. The number of aromatic nitrogens is 2. The van der Waals surface area contributed by atoms with Gasteiger partial charge in [-0.2, -0.15) is 0 Å². The van der Waals surface area contributed by atoms with Gasteiger partial charge in [0, 0.05) is 5.56 Å². The highest BCUT2D eigenvalue weighted by molar-refractivity contribution is 9.10. The molecule has 0 spiro atoms. The van der Waals surface area contributed by atoms with E-state index in [4.69, 9.17) is 9.84 Å². The Bertz CT molecular complexity index is 696. The van der Waals surface area contributed by atoms with E-state index in [0.29, 0.717) is 11.3 Å². The second-order valence-electron chi connectivity index (χ2n) is 3.69. The fourth-order valence-corrected chi connectivity index (χ4v) is 1.80. The molecular weight excluding hydrogens is 316 g/mol. The number of rotatable bonds is 3. The van der Waals surface area contributed by atoms with Crippen LogP contribution in [0.2, 0.25) is 0 Å². The lowest BCUT2D eigenvalue weighted by Crippen LogP contribution is -2.09. The summed E-state index contributed by atoms with van der Waals surface area (Å²) in [6.07, 6.45) is 1.21. The number of H-pyrrole nitrogens is 1. The summed E-state index contributed by atoms with van der Waals surface area (Å²) >= 11 is 3.06. The van der Waals surface area contributed by atoms with Crippen LogP contribution in [0.3, 0.4) is 0 Å². The summed E-state index contributed by atoms with van der Waals surface area (Å²) in [6.45, 7) is 1.62. The molecule has 0 aliphatic rings. The van der Waals surface area contributed by atoms with Gasteiger partial charge >= 0.3 is 5.97 Å². The highest BCUT2D eigenvalue weighted by Gasteiger charge is 2.14. The van der Waals surface area contributed by atoms with Crippen molar-refractivity contribution in [2.75, 3.05) is 0 Å². The zero-order chi connectivity index (χ0) is 14.0. The van der Waals surface area contributed by atoms with E-state index in [0.717, 1.165) is 0 Å². The fourth-order valence-electron chi connectivity index (χ4n) is 1.50. The largest absolute Gasteiger partial charge is 0.478 e. The summed E-state index contributed by atoms with van der Waals surface area (Å²) < 4.78 is 5.62. The topological polar surface area (TPSA) is 92.3 Å². The first-order chi connectivity index (χ1) is 9.00. The molecule has 2 aromatic rings. The number of nitrogens with zero attached hydrogens (tertiary/aromatic N) is 1. The number of aromatic carboxylic acids is 1. The molecule has 0 bridgehead atoms. The lowest BCUT2D eigenvalue weighted by molar-refractivity contribution is 0.0695. The van der Waals surface area contributed by atoms with Crippen molar-refractivity contribution in [3.05, 3.63) is 50.5 Å². The van der Waals surface area contributed by atoms with Crippen LogP contribution in [-0.4, -0.2) is 21.0 Å². The standard InChI is InChI=1S/C12H9BrN2O4/c1-6-7(12(17)18)3-2-4-8(6)19-11-9(13)10(16)14-5-15-11/h2-5H,1H3,(H,17,18)(H,14,15,16). The number of hydrogen-bond donors (Lipinski definition) is 2. The Hall–Kier alpha value is -2.15. The summed E-state index contributed by atoms with van der Waals surface area (Å²) in [4.78, 5) is 28.6. The van der Waals surface area contributed by atoms with Crippen molar-refractivity contribution in [2.24, 2.45) is 0 Å². The first kappa shape index (κ1) is 13.3. The molecule has 0 radical (unpaired) electrons. The zero-order valence-electron chi connectivity index (χ0n) is 9.81. The van der Waals surface area contributed by atoms with Gasteiger partial charge in [-0.05, 0) is 35.0 Å². The lowest BCUT2D eigenvalue weighted by Gasteiger charge is -2.10. The van der Waals surface area contributed by atoms with Crippen LogP contribution < -0.4 is 10.3 Å². The van der Waals surface area contributed by atoms with Crippen LogP contribution in [-0.2, 0) is 0 Å². The third kappa shape index (κ3) is 2.65. The summed E-state index contributed by atoms with van der Waals surface area (Å²) in [5.41, 5.74) is 0.222. The quantitative estimate of drug-likeness (QED) is 0.903. The van der Waals surface area contributed by atoms with Crippen molar-refractivity contribution in [3.63, 3.8) is 0 Å². The van der Waals surface area contributed by atoms with Gasteiger partial charge in [0.15, 0.2) is 0 Å². The van der Waals surface area contributed by atoms with Gasteiger partial charge in [0.1, 0.15) is 10.2 Å². The maximum Gasteiger partial charge on any atom is 0.336 e. The number of benzene rings is 1. The number of hydrogen-bond acceptors (Lipinski definition) is 4. The lowest BCUT2D eigenvalue weighted by atomic mass is 10.1. The predicted octanol–water partition coefficient (Wildman–Crippen LogP) is 2.33. The maximum absolute atomic E-state index is 11.4. The van der Waals surface area contributed by atoms with Crippen LogP contribution in [0, 0.1) is 6.92 Å². The molecule has 1 aromatic heterocycles. The molecule has 2 N–H and O–H groups in total. The Kier molecular flexibility index (Phi) is 3.66. The van der Waals surface area contributed by atoms with E-state index < -0.39 is 5.97 Å². The van der Waals surface area contributed by atoms with Gasteiger partial charge in [-0.15, -0.1) is 0 Å². The van der Waals surface area contributed by atoms with Gasteiger partial charge in [-0.1, -0.05) is 6.07 Å². The first-order valence-corrected chi connectivity index (χ1v) is 6.04. The van der Waals surface area contributed by atoms with Crippen LogP contribution in [0.15, 0.2) is 33.8 Å². The van der Waals surface area contributed by atoms with Gasteiger partial charge in [-0.3, -0.25) is 4.79 Å². The van der Waals surface area contributed by atoms with Crippen molar-refractivity contribution < 1.29 is 14.6 Å². The number of carbonyl (C=O) groups is 1. The number of aromatic amines is 1. The minimum absolute atomic E-state index is 0.0781. The number of ether oxygens (including phenoxy) is 1. The minimum atomic E-state index is -1.04. The smallest absolute Gasteiger partial charge is 0.336 e. The van der Waals surface area contributed by atoms with Gasteiger partial charge in [0.2, 0.25) is 5.88 Å². The molecule has 0 fully saturated rings. The summed E-state index contributed by atoms with van der Waals surface area (Å²) in [6, 6.07) is 4.65. The van der Waals surface area contributed by atoms with Crippen LogP contribution >= 0.6 is 15.9 Å². The molecule has 7 heteroatoms. The monoisotopic (exact) mass is 324 g/mol. The van der Waals surface area contributed by atoms with E-state index in [1.165, 1.54) is 12.4 Å². The normalized spacial score (nSPS) is 10.2. The molecule has 0 aliphatic heterocycles. The molecule has 0 saturated heterocycles. The number of carboxylic acid groups (broad SMARTS) is 1. The van der Waals surface area contributed by atoms with Crippen LogP contribution in [0.4, 0.5) is 0 Å². The molecule has 0 unspecified atom stereocenters. The van der Waals surface area contributed by atoms with Gasteiger partial charge in [-0.25, -0.2) is 9.78 Å². The number of carboxylic acids is 1. The summed E-state index contributed by atoms with van der Waals surface area (Å²) in [5, 5.41) is 9.02. The van der Waals surface area contributed by atoms with E-state index >= 15 is 0 Å². The van der Waals surface area contributed by atoms with Gasteiger partial charge < -0.3 is 14.8 Å². The molecule has 0 aliphatic carbocycles. The summed E-state index contributed by atoms with van der Waals surface area (Å²) in [5.74, 6) is -0.631. The van der Waals surface area contributed by atoms with Crippen molar-refractivity contribution >= 4 is 21.9 Å². The van der Waals surface area contributed by atoms with Crippen LogP contribution in [0.1, 0.15) is 15.9 Å². The average Bonchev–Trinajstić information content (AvgIpc) is 2.37.